The number of hydrogen-bond acceptors (Lipinski definition) is 1. The maximum absolute atomic E-state index is 3.44. The first-order valence-electron chi connectivity index (χ1n) is 3.91. The van der Waals surface area contributed by atoms with E-state index in [1.165, 1.54) is 19.5 Å². The number of hydrogen-bond donors (Lipinski definition) is 1. The van der Waals surface area contributed by atoms with Crippen molar-refractivity contribution in [1.29, 1.82) is 0 Å². The third-order valence-electron chi connectivity index (χ3n) is 3.13. The fraction of sp³-hybridized carbons (Fsp3) is 1.00. The van der Waals surface area contributed by atoms with Crippen LogP contribution in [-0.2, 0) is 0 Å². The molecule has 2 atom stereocenters. The zero-order chi connectivity index (χ0) is 6.48. The average Bonchev–Trinajstić information content (AvgIpc) is 2.10. The molecule has 0 aromatic heterocycles. The van der Waals surface area contributed by atoms with Gasteiger partial charge in [0.25, 0.3) is 0 Å². The molecule has 10 heavy (non-hydrogen) atoms. The fourth-order valence-electron chi connectivity index (χ4n) is 2.53. The molecule has 0 radical (unpaired) electrons. The van der Waals surface area contributed by atoms with Crippen molar-refractivity contribution in [3.05, 3.63) is 0 Å². The Hall–Kier alpha value is 0.250. The van der Waals surface area contributed by atoms with E-state index in [4.69, 9.17) is 0 Å². The Labute approximate surface area is 69.0 Å². The minimum atomic E-state index is 0. The van der Waals surface area contributed by atoms with E-state index in [9.17, 15) is 0 Å². The third kappa shape index (κ3) is 0.960. The smallest absolute Gasteiger partial charge is 0.00122 e. The molecule has 0 bridgehead atoms. The number of rotatable bonds is 0. The lowest BCUT2D eigenvalue weighted by atomic mass is 9.57. The van der Waals surface area contributed by atoms with Gasteiger partial charge in [-0.3, -0.25) is 0 Å². The Morgan fingerprint density at radius 3 is 2.40 bits per heavy atom. The highest BCUT2D eigenvalue weighted by Gasteiger charge is 2.49. The lowest BCUT2D eigenvalue weighted by molar-refractivity contribution is 0.0299. The van der Waals surface area contributed by atoms with Crippen LogP contribution in [0.25, 0.3) is 0 Å². The van der Waals surface area contributed by atoms with E-state index in [1.54, 1.807) is 0 Å². The summed E-state index contributed by atoms with van der Waals surface area (Å²) in [5.74, 6) is 2.03. The molecule has 0 aromatic carbocycles. The van der Waals surface area contributed by atoms with Gasteiger partial charge in [-0.2, -0.15) is 0 Å². The first-order chi connectivity index (χ1) is 4.20. The molecule has 60 valence electrons. The highest BCUT2D eigenvalue weighted by atomic mass is 35.5. The summed E-state index contributed by atoms with van der Waals surface area (Å²) in [6.07, 6.45) is 1.45. The molecule has 1 N–H and O–H groups in total. The lowest BCUT2D eigenvalue weighted by Crippen LogP contribution is -2.42. The molecule has 1 nitrogen and oxygen atoms in total. The van der Waals surface area contributed by atoms with Gasteiger partial charge < -0.3 is 5.32 Å². The number of nitrogens with one attached hydrogen (secondary N) is 1. The normalized spacial score (nSPS) is 41.4. The van der Waals surface area contributed by atoms with Crippen molar-refractivity contribution in [3.63, 3.8) is 0 Å². The Morgan fingerprint density at radius 2 is 2.00 bits per heavy atom. The zero-order valence-corrected chi connectivity index (χ0v) is 7.50. The summed E-state index contributed by atoms with van der Waals surface area (Å²) in [5.41, 5.74) is 0.661. The van der Waals surface area contributed by atoms with Crippen LogP contribution in [0.4, 0.5) is 0 Å². The van der Waals surface area contributed by atoms with E-state index in [0.29, 0.717) is 5.41 Å². The number of fused-ring (bicyclic) bond motifs is 1. The largest absolute Gasteiger partial charge is 0.316 e. The Balaban J connectivity index is 0.000000500. The minimum absolute atomic E-state index is 0. The molecule has 0 aromatic rings. The van der Waals surface area contributed by atoms with E-state index < -0.39 is 0 Å². The summed E-state index contributed by atoms with van der Waals surface area (Å²) >= 11 is 0. The van der Waals surface area contributed by atoms with Crippen molar-refractivity contribution in [1.82, 2.24) is 5.32 Å². The van der Waals surface area contributed by atoms with Crippen molar-refractivity contribution >= 4 is 12.4 Å². The Bertz CT molecular complexity index is 133. The standard InChI is InChI=1S/C8H15N.ClH/c1-8(2)3-6-4-9-5-7(6)8;/h6-7,9H,3-5H2,1-2H3;1H/t6-,7+;/m0./s1. The van der Waals surface area contributed by atoms with Crippen LogP contribution in [0.1, 0.15) is 20.3 Å². The quantitative estimate of drug-likeness (QED) is 0.570. The summed E-state index contributed by atoms with van der Waals surface area (Å²) in [7, 11) is 0. The van der Waals surface area contributed by atoms with Crippen molar-refractivity contribution < 1.29 is 0 Å². The van der Waals surface area contributed by atoms with Crippen molar-refractivity contribution in [2.45, 2.75) is 20.3 Å². The van der Waals surface area contributed by atoms with E-state index in [1.807, 2.05) is 0 Å². The maximum atomic E-state index is 3.44. The molecule has 0 amide bonds. The molecule has 1 aliphatic heterocycles. The molecule has 2 fully saturated rings. The van der Waals surface area contributed by atoms with E-state index in [2.05, 4.69) is 19.2 Å². The van der Waals surface area contributed by atoms with Gasteiger partial charge in [0.15, 0.2) is 0 Å². The van der Waals surface area contributed by atoms with E-state index >= 15 is 0 Å². The second kappa shape index (κ2) is 2.38. The van der Waals surface area contributed by atoms with Crippen LogP contribution in [0.5, 0.6) is 0 Å². The first-order valence-corrected chi connectivity index (χ1v) is 3.91. The maximum Gasteiger partial charge on any atom is -0.00122 e. The van der Waals surface area contributed by atoms with Crippen molar-refractivity contribution in [2.24, 2.45) is 17.3 Å². The Morgan fingerprint density at radius 1 is 1.30 bits per heavy atom. The second-order valence-corrected chi connectivity index (χ2v) is 4.22. The van der Waals surface area contributed by atoms with Gasteiger partial charge in [-0.1, -0.05) is 13.8 Å². The fourth-order valence-corrected chi connectivity index (χ4v) is 2.53. The van der Waals surface area contributed by atoms with Crippen LogP contribution in [0.3, 0.4) is 0 Å². The van der Waals surface area contributed by atoms with Crippen LogP contribution in [0.2, 0.25) is 0 Å². The van der Waals surface area contributed by atoms with Crippen LogP contribution in [0, 0.1) is 17.3 Å². The monoisotopic (exact) mass is 161 g/mol. The SMILES string of the molecule is CC1(C)C[C@H]2CNC[C@H]21.Cl. The molecular weight excluding hydrogens is 146 g/mol. The van der Waals surface area contributed by atoms with Crippen LogP contribution in [0.15, 0.2) is 0 Å². The molecule has 2 rings (SSSR count). The molecule has 2 heteroatoms. The van der Waals surface area contributed by atoms with Gasteiger partial charge in [0.05, 0.1) is 0 Å². The molecule has 0 spiro atoms. The predicted octanol–water partition coefficient (Wildman–Crippen LogP) is 1.67. The summed E-state index contributed by atoms with van der Waals surface area (Å²) in [6, 6.07) is 0. The van der Waals surface area contributed by atoms with Crippen molar-refractivity contribution in [2.75, 3.05) is 13.1 Å². The molecular formula is C8H16ClN. The molecule has 1 aliphatic carbocycles. The van der Waals surface area contributed by atoms with Crippen LogP contribution < -0.4 is 5.32 Å². The van der Waals surface area contributed by atoms with Gasteiger partial charge >= 0.3 is 0 Å². The zero-order valence-electron chi connectivity index (χ0n) is 6.68. The molecule has 1 saturated heterocycles. The molecule has 1 saturated carbocycles. The Kier molecular flexibility index (Phi) is 1.99. The highest BCUT2D eigenvalue weighted by Crippen LogP contribution is 2.51. The summed E-state index contributed by atoms with van der Waals surface area (Å²) < 4.78 is 0. The van der Waals surface area contributed by atoms with Crippen LogP contribution in [-0.4, -0.2) is 13.1 Å². The second-order valence-electron chi connectivity index (χ2n) is 4.22. The topological polar surface area (TPSA) is 12.0 Å². The lowest BCUT2D eigenvalue weighted by Gasteiger charge is -2.47. The minimum Gasteiger partial charge on any atom is -0.316 e. The highest BCUT2D eigenvalue weighted by molar-refractivity contribution is 5.85. The third-order valence-corrected chi connectivity index (χ3v) is 3.13. The molecule has 2 aliphatic rings. The van der Waals surface area contributed by atoms with Gasteiger partial charge in [-0.15, -0.1) is 12.4 Å². The summed E-state index contributed by atoms with van der Waals surface area (Å²) in [4.78, 5) is 0. The van der Waals surface area contributed by atoms with Crippen molar-refractivity contribution in [3.8, 4) is 0 Å². The van der Waals surface area contributed by atoms with Gasteiger partial charge in [0.1, 0.15) is 0 Å². The first kappa shape index (κ1) is 8.35. The summed E-state index contributed by atoms with van der Waals surface area (Å²) in [6.45, 7) is 7.34. The van der Waals surface area contributed by atoms with Gasteiger partial charge in [-0.25, -0.2) is 0 Å². The summed E-state index contributed by atoms with van der Waals surface area (Å²) in [5, 5.41) is 3.44. The predicted molar refractivity (Wildman–Crippen MR) is 45.5 cm³/mol. The van der Waals surface area contributed by atoms with E-state index in [-0.39, 0.29) is 12.4 Å². The van der Waals surface area contributed by atoms with Gasteiger partial charge in [-0.05, 0) is 36.8 Å². The molecule has 0 unspecified atom stereocenters. The van der Waals surface area contributed by atoms with Gasteiger partial charge in [0, 0.05) is 0 Å². The van der Waals surface area contributed by atoms with Crippen LogP contribution >= 0.6 is 12.4 Å². The van der Waals surface area contributed by atoms with E-state index in [0.717, 1.165) is 11.8 Å². The average molecular weight is 162 g/mol. The molecule has 1 heterocycles. The number of halogens is 1. The van der Waals surface area contributed by atoms with Gasteiger partial charge in [0.2, 0.25) is 0 Å².